The summed E-state index contributed by atoms with van der Waals surface area (Å²) in [5.41, 5.74) is 6.66. The van der Waals surface area contributed by atoms with E-state index < -0.39 is 4.92 Å². The zero-order valence-corrected chi connectivity index (χ0v) is 13.1. The fraction of sp³-hybridized carbons (Fsp3) is 0.500. The van der Waals surface area contributed by atoms with Crippen molar-refractivity contribution in [2.24, 2.45) is 5.73 Å². The second kappa shape index (κ2) is 8.55. The molecule has 1 amide bonds. The van der Waals surface area contributed by atoms with Gasteiger partial charge in [0.1, 0.15) is 0 Å². The Hall–Kier alpha value is -1.86. The van der Waals surface area contributed by atoms with Crippen LogP contribution in [0.3, 0.4) is 0 Å². The lowest BCUT2D eigenvalue weighted by Crippen LogP contribution is -2.31. The molecular weight excluding hydrogens is 308 g/mol. The van der Waals surface area contributed by atoms with E-state index in [4.69, 9.17) is 5.73 Å². The molecule has 7 nitrogen and oxygen atoms in total. The maximum atomic E-state index is 11.9. The summed E-state index contributed by atoms with van der Waals surface area (Å²) in [5, 5.41) is 13.7. The Bertz CT molecular complexity index is 509. The van der Waals surface area contributed by atoms with Crippen molar-refractivity contribution < 1.29 is 9.72 Å². The number of likely N-dealkylation sites (tertiary alicyclic amines) is 1. The Morgan fingerprint density at radius 3 is 2.64 bits per heavy atom. The maximum absolute atomic E-state index is 11.9. The molecule has 22 heavy (non-hydrogen) atoms. The first-order chi connectivity index (χ1) is 10.1. The van der Waals surface area contributed by atoms with E-state index in [1.54, 1.807) is 12.1 Å². The van der Waals surface area contributed by atoms with Crippen LogP contribution in [0.4, 0.5) is 11.4 Å². The van der Waals surface area contributed by atoms with Crippen LogP contribution in [0.25, 0.3) is 0 Å². The lowest BCUT2D eigenvalue weighted by Gasteiger charge is -2.15. The number of benzene rings is 1. The molecule has 0 saturated carbocycles. The molecule has 1 fully saturated rings. The molecule has 1 heterocycles. The summed E-state index contributed by atoms with van der Waals surface area (Å²) < 4.78 is 0. The van der Waals surface area contributed by atoms with Crippen LogP contribution in [0, 0.1) is 10.1 Å². The van der Waals surface area contributed by atoms with Crippen molar-refractivity contribution in [2.45, 2.75) is 25.3 Å². The molecule has 1 aromatic rings. The lowest BCUT2D eigenvalue weighted by molar-refractivity contribution is -0.384. The number of nitrogens with one attached hydrogen (secondary N) is 1. The minimum Gasteiger partial charge on any atom is -0.385 e. The van der Waals surface area contributed by atoms with Gasteiger partial charge in [0, 0.05) is 49.9 Å². The summed E-state index contributed by atoms with van der Waals surface area (Å²) >= 11 is 0. The van der Waals surface area contributed by atoms with Gasteiger partial charge in [0.2, 0.25) is 5.91 Å². The zero-order valence-electron chi connectivity index (χ0n) is 12.2. The van der Waals surface area contributed by atoms with Crippen LogP contribution in [0.1, 0.15) is 19.3 Å². The highest BCUT2D eigenvalue weighted by Gasteiger charge is 2.22. The number of carbonyl (C=O) groups is 1. The number of halogens is 1. The number of anilines is 1. The Kier molecular flexibility index (Phi) is 7.07. The smallest absolute Gasteiger partial charge is 0.269 e. The number of nitrogens with zero attached hydrogens (tertiary/aromatic N) is 2. The van der Waals surface area contributed by atoms with Crippen molar-refractivity contribution >= 4 is 29.7 Å². The third-order valence-electron chi connectivity index (χ3n) is 3.55. The summed E-state index contributed by atoms with van der Waals surface area (Å²) in [5.74, 6) is 0.147. The number of nitro groups is 1. The van der Waals surface area contributed by atoms with Gasteiger partial charge in [-0.1, -0.05) is 0 Å². The molecule has 1 saturated heterocycles. The average molecular weight is 329 g/mol. The molecule has 0 radical (unpaired) electrons. The van der Waals surface area contributed by atoms with E-state index in [1.165, 1.54) is 12.1 Å². The van der Waals surface area contributed by atoms with Crippen molar-refractivity contribution in [3.63, 3.8) is 0 Å². The van der Waals surface area contributed by atoms with Gasteiger partial charge in [-0.05, 0) is 25.0 Å². The van der Waals surface area contributed by atoms with Gasteiger partial charge in [-0.15, -0.1) is 12.4 Å². The van der Waals surface area contributed by atoms with Crippen molar-refractivity contribution in [2.75, 3.05) is 25.0 Å². The average Bonchev–Trinajstić information content (AvgIpc) is 2.90. The predicted molar refractivity (Wildman–Crippen MR) is 87.2 cm³/mol. The molecule has 1 aliphatic rings. The highest BCUT2D eigenvalue weighted by molar-refractivity contribution is 5.85. The van der Waals surface area contributed by atoms with Gasteiger partial charge in [0.25, 0.3) is 5.69 Å². The van der Waals surface area contributed by atoms with Crippen LogP contribution in [0.5, 0.6) is 0 Å². The van der Waals surface area contributed by atoms with Gasteiger partial charge in [0.05, 0.1) is 4.92 Å². The third-order valence-corrected chi connectivity index (χ3v) is 3.55. The van der Waals surface area contributed by atoms with Crippen LogP contribution < -0.4 is 11.1 Å². The highest BCUT2D eigenvalue weighted by Crippen LogP contribution is 2.15. The minimum absolute atomic E-state index is 0. The van der Waals surface area contributed by atoms with Gasteiger partial charge < -0.3 is 16.0 Å². The van der Waals surface area contributed by atoms with Crippen molar-refractivity contribution in [1.82, 2.24) is 4.90 Å². The second-order valence-electron chi connectivity index (χ2n) is 5.22. The second-order valence-corrected chi connectivity index (χ2v) is 5.22. The fourth-order valence-corrected chi connectivity index (χ4v) is 2.35. The topological polar surface area (TPSA) is 102 Å². The lowest BCUT2D eigenvalue weighted by atomic mass is 10.2. The Morgan fingerprint density at radius 2 is 2.09 bits per heavy atom. The number of nitrogens with two attached hydrogens (primary N) is 1. The highest BCUT2D eigenvalue weighted by atomic mass is 35.5. The molecule has 8 heteroatoms. The number of hydrogen-bond donors (Lipinski definition) is 2. The number of non-ortho nitro benzene ring substituents is 1. The fourth-order valence-electron chi connectivity index (χ4n) is 2.35. The first kappa shape index (κ1) is 18.2. The van der Waals surface area contributed by atoms with Crippen LogP contribution in [0.15, 0.2) is 24.3 Å². The summed E-state index contributed by atoms with van der Waals surface area (Å²) in [6, 6.07) is 6.36. The van der Waals surface area contributed by atoms with Gasteiger partial charge in [0.15, 0.2) is 0 Å². The van der Waals surface area contributed by atoms with Crippen molar-refractivity contribution in [3.05, 3.63) is 34.4 Å². The summed E-state index contributed by atoms with van der Waals surface area (Å²) in [6.45, 7) is 2.08. The Labute approximate surface area is 135 Å². The molecule has 0 bridgehead atoms. The molecule has 0 aromatic heterocycles. The van der Waals surface area contributed by atoms with E-state index in [0.29, 0.717) is 19.5 Å². The number of hydrogen-bond acceptors (Lipinski definition) is 5. The zero-order chi connectivity index (χ0) is 15.2. The number of carbonyl (C=O) groups excluding carboxylic acids is 1. The van der Waals surface area contributed by atoms with E-state index in [9.17, 15) is 14.9 Å². The molecule has 3 N–H and O–H groups in total. The number of amides is 1. The van der Waals surface area contributed by atoms with E-state index in [1.807, 2.05) is 4.90 Å². The van der Waals surface area contributed by atoms with Crippen LogP contribution in [-0.4, -0.2) is 41.4 Å². The largest absolute Gasteiger partial charge is 0.385 e. The first-order valence-electron chi connectivity index (χ1n) is 7.08. The van der Waals surface area contributed by atoms with Gasteiger partial charge in [-0.3, -0.25) is 14.9 Å². The molecule has 122 valence electrons. The minimum atomic E-state index is -0.427. The molecule has 1 aromatic carbocycles. The molecule has 0 aliphatic carbocycles. The SMILES string of the molecule is Cl.N[C@@H]1CCN(C(=O)CCCNc2ccc([N+](=O)[O-])cc2)C1. The van der Waals surface area contributed by atoms with E-state index >= 15 is 0 Å². The molecule has 0 unspecified atom stereocenters. The number of nitro benzene ring substituents is 1. The predicted octanol–water partition coefficient (Wildman–Crippen LogP) is 1.77. The van der Waals surface area contributed by atoms with Crippen LogP contribution >= 0.6 is 12.4 Å². The first-order valence-corrected chi connectivity index (χ1v) is 7.08. The van der Waals surface area contributed by atoms with E-state index in [2.05, 4.69) is 5.32 Å². The Balaban J connectivity index is 0.00000242. The number of rotatable bonds is 6. The van der Waals surface area contributed by atoms with Crippen LogP contribution in [0.2, 0.25) is 0 Å². The van der Waals surface area contributed by atoms with E-state index in [0.717, 1.165) is 25.1 Å². The third kappa shape index (κ3) is 5.16. The normalized spacial score (nSPS) is 17.0. The van der Waals surface area contributed by atoms with Gasteiger partial charge in [-0.2, -0.15) is 0 Å². The molecule has 1 atom stereocenters. The van der Waals surface area contributed by atoms with Crippen molar-refractivity contribution in [3.8, 4) is 0 Å². The summed E-state index contributed by atoms with van der Waals surface area (Å²) in [6.07, 6.45) is 2.10. The van der Waals surface area contributed by atoms with Gasteiger partial charge >= 0.3 is 0 Å². The monoisotopic (exact) mass is 328 g/mol. The van der Waals surface area contributed by atoms with Crippen LogP contribution in [-0.2, 0) is 4.79 Å². The molecular formula is C14H21ClN4O3. The standard InChI is InChI=1S/C14H20N4O3.ClH/c15-11-7-9-17(10-11)14(19)2-1-8-16-12-3-5-13(6-4-12)18(20)21;/h3-6,11,16H,1-2,7-10,15H2;1H/t11-;/m1./s1. The maximum Gasteiger partial charge on any atom is 0.269 e. The molecule has 0 spiro atoms. The molecule has 1 aliphatic heterocycles. The quantitative estimate of drug-likeness (QED) is 0.471. The Morgan fingerprint density at radius 1 is 1.41 bits per heavy atom. The summed E-state index contributed by atoms with van der Waals surface area (Å²) in [7, 11) is 0. The van der Waals surface area contributed by atoms with E-state index in [-0.39, 0.29) is 30.0 Å². The summed E-state index contributed by atoms with van der Waals surface area (Å²) in [4.78, 5) is 23.8. The molecule has 2 rings (SSSR count). The van der Waals surface area contributed by atoms with Gasteiger partial charge in [-0.25, -0.2) is 0 Å². The van der Waals surface area contributed by atoms with Crippen molar-refractivity contribution in [1.29, 1.82) is 0 Å².